The lowest BCUT2D eigenvalue weighted by molar-refractivity contribution is 0.286. The van der Waals surface area contributed by atoms with Crippen LogP contribution in [-0.4, -0.2) is 36.1 Å². The second-order valence-corrected chi connectivity index (χ2v) is 5.31. The van der Waals surface area contributed by atoms with Gasteiger partial charge in [0, 0.05) is 29.1 Å². The third-order valence-corrected chi connectivity index (χ3v) is 4.31. The molecule has 0 saturated carbocycles. The van der Waals surface area contributed by atoms with Crippen molar-refractivity contribution in [3.63, 3.8) is 0 Å². The van der Waals surface area contributed by atoms with Gasteiger partial charge in [-0.2, -0.15) is 0 Å². The summed E-state index contributed by atoms with van der Waals surface area (Å²) in [5.41, 5.74) is 8.47. The molecule has 1 saturated heterocycles. The standard InChI is InChI=1S/C15H21N3/c1-18-9-7-12(15(18)6-8-16)13-10-17-14-5-3-2-4-11(13)14/h2-5,10,12,15,17H,6-9,16H2,1H3. The Labute approximate surface area is 108 Å². The molecule has 1 aliphatic heterocycles. The van der Waals surface area contributed by atoms with Gasteiger partial charge in [0.15, 0.2) is 0 Å². The van der Waals surface area contributed by atoms with Crippen LogP contribution in [0.5, 0.6) is 0 Å². The number of aromatic nitrogens is 1. The predicted molar refractivity (Wildman–Crippen MR) is 75.7 cm³/mol. The Hall–Kier alpha value is -1.32. The van der Waals surface area contributed by atoms with Crippen LogP contribution < -0.4 is 5.73 Å². The van der Waals surface area contributed by atoms with Gasteiger partial charge in [0.25, 0.3) is 0 Å². The summed E-state index contributed by atoms with van der Waals surface area (Å²) >= 11 is 0. The number of aromatic amines is 1. The highest BCUT2D eigenvalue weighted by Gasteiger charge is 2.33. The Kier molecular flexibility index (Phi) is 3.10. The van der Waals surface area contributed by atoms with Crippen molar-refractivity contribution in [3.8, 4) is 0 Å². The number of nitrogens with one attached hydrogen (secondary N) is 1. The van der Waals surface area contributed by atoms with Crippen molar-refractivity contribution in [2.45, 2.75) is 24.8 Å². The van der Waals surface area contributed by atoms with Crippen LogP contribution in [0, 0.1) is 0 Å². The van der Waals surface area contributed by atoms with E-state index < -0.39 is 0 Å². The van der Waals surface area contributed by atoms with E-state index in [9.17, 15) is 0 Å². The number of hydrogen-bond donors (Lipinski definition) is 2. The fourth-order valence-corrected chi connectivity index (χ4v) is 3.36. The first-order chi connectivity index (χ1) is 8.81. The van der Waals surface area contributed by atoms with Crippen molar-refractivity contribution in [1.82, 2.24) is 9.88 Å². The number of likely N-dealkylation sites (N-methyl/N-ethyl adjacent to an activating group) is 1. The lowest BCUT2D eigenvalue weighted by Gasteiger charge is -2.24. The molecule has 2 aromatic rings. The SMILES string of the molecule is CN1CCC(c2c[nH]c3ccccc23)C1CCN. The number of benzene rings is 1. The number of nitrogens with two attached hydrogens (primary N) is 1. The molecule has 18 heavy (non-hydrogen) atoms. The highest BCUT2D eigenvalue weighted by atomic mass is 15.2. The van der Waals surface area contributed by atoms with Crippen molar-refractivity contribution in [1.29, 1.82) is 0 Å². The van der Waals surface area contributed by atoms with Crippen LogP contribution in [0.2, 0.25) is 0 Å². The number of para-hydroxylation sites is 1. The fourth-order valence-electron chi connectivity index (χ4n) is 3.36. The Balaban J connectivity index is 1.98. The second-order valence-electron chi connectivity index (χ2n) is 5.31. The van der Waals surface area contributed by atoms with E-state index in [4.69, 9.17) is 5.73 Å². The normalized spacial score (nSPS) is 25.0. The van der Waals surface area contributed by atoms with Crippen molar-refractivity contribution >= 4 is 10.9 Å². The molecule has 3 N–H and O–H groups in total. The van der Waals surface area contributed by atoms with Gasteiger partial charge in [-0.25, -0.2) is 0 Å². The van der Waals surface area contributed by atoms with Crippen molar-refractivity contribution < 1.29 is 0 Å². The fraction of sp³-hybridized carbons (Fsp3) is 0.467. The van der Waals surface area contributed by atoms with Crippen molar-refractivity contribution in [3.05, 3.63) is 36.0 Å². The lowest BCUT2D eigenvalue weighted by atomic mass is 9.90. The molecule has 96 valence electrons. The average molecular weight is 243 g/mol. The Bertz CT molecular complexity index is 531. The Morgan fingerprint density at radius 3 is 3.06 bits per heavy atom. The largest absolute Gasteiger partial charge is 0.361 e. The van der Waals surface area contributed by atoms with Crippen molar-refractivity contribution in [2.75, 3.05) is 20.1 Å². The van der Waals surface area contributed by atoms with Crippen LogP contribution in [-0.2, 0) is 0 Å². The van der Waals surface area contributed by atoms with E-state index in [0.717, 1.165) is 13.0 Å². The van der Waals surface area contributed by atoms with Gasteiger partial charge in [0.2, 0.25) is 0 Å². The summed E-state index contributed by atoms with van der Waals surface area (Å²) in [6.07, 6.45) is 4.52. The van der Waals surface area contributed by atoms with E-state index in [-0.39, 0.29) is 0 Å². The summed E-state index contributed by atoms with van der Waals surface area (Å²) in [6, 6.07) is 9.17. The number of H-pyrrole nitrogens is 1. The van der Waals surface area contributed by atoms with Gasteiger partial charge in [-0.15, -0.1) is 0 Å². The first kappa shape index (κ1) is 11.8. The highest BCUT2D eigenvalue weighted by Crippen LogP contribution is 2.37. The molecule has 2 atom stereocenters. The van der Waals surface area contributed by atoms with Crippen LogP contribution in [0.25, 0.3) is 10.9 Å². The molecule has 1 fully saturated rings. The van der Waals surface area contributed by atoms with Gasteiger partial charge < -0.3 is 15.6 Å². The van der Waals surface area contributed by atoms with Gasteiger partial charge in [0.1, 0.15) is 0 Å². The van der Waals surface area contributed by atoms with Gasteiger partial charge in [0.05, 0.1) is 0 Å². The summed E-state index contributed by atoms with van der Waals surface area (Å²) < 4.78 is 0. The number of rotatable bonds is 3. The number of fused-ring (bicyclic) bond motifs is 1. The van der Waals surface area contributed by atoms with E-state index in [1.807, 2.05) is 0 Å². The van der Waals surface area contributed by atoms with Crippen LogP contribution >= 0.6 is 0 Å². The number of hydrogen-bond acceptors (Lipinski definition) is 2. The van der Waals surface area contributed by atoms with E-state index in [0.29, 0.717) is 12.0 Å². The van der Waals surface area contributed by atoms with Crippen LogP contribution in [0.1, 0.15) is 24.3 Å². The van der Waals surface area contributed by atoms with E-state index >= 15 is 0 Å². The van der Waals surface area contributed by atoms with E-state index in [1.165, 1.54) is 29.4 Å². The molecule has 0 spiro atoms. The summed E-state index contributed by atoms with van der Waals surface area (Å²) in [5, 5.41) is 1.37. The average Bonchev–Trinajstić information content (AvgIpc) is 2.95. The maximum absolute atomic E-state index is 5.76. The zero-order valence-electron chi connectivity index (χ0n) is 10.9. The molecule has 1 aliphatic rings. The molecular formula is C15H21N3. The number of nitrogens with zero attached hydrogens (tertiary/aromatic N) is 1. The molecule has 3 nitrogen and oxygen atoms in total. The third-order valence-electron chi connectivity index (χ3n) is 4.31. The first-order valence-corrected chi connectivity index (χ1v) is 6.77. The molecule has 2 heterocycles. The van der Waals surface area contributed by atoms with Gasteiger partial charge in [-0.05, 0) is 44.6 Å². The van der Waals surface area contributed by atoms with Crippen LogP contribution in [0.3, 0.4) is 0 Å². The Morgan fingerprint density at radius 1 is 1.39 bits per heavy atom. The number of likely N-dealkylation sites (tertiary alicyclic amines) is 1. The molecule has 3 rings (SSSR count). The molecule has 3 heteroatoms. The highest BCUT2D eigenvalue weighted by molar-refractivity contribution is 5.83. The molecule has 0 bridgehead atoms. The molecule has 2 unspecified atom stereocenters. The predicted octanol–water partition coefficient (Wildman–Crippen LogP) is 2.30. The third kappa shape index (κ3) is 1.84. The Morgan fingerprint density at radius 2 is 2.22 bits per heavy atom. The van der Waals surface area contributed by atoms with Crippen LogP contribution in [0.15, 0.2) is 30.5 Å². The summed E-state index contributed by atoms with van der Waals surface area (Å²) in [6.45, 7) is 1.95. The first-order valence-electron chi connectivity index (χ1n) is 6.77. The second kappa shape index (κ2) is 4.75. The lowest BCUT2D eigenvalue weighted by Crippen LogP contribution is -2.30. The minimum Gasteiger partial charge on any atom is -0.361 e. The topological polar surface area (TPSA) is 45.0 Å². The zero-order valence-corrected chi connectivity index (χ0v) is 10.9. The minimum atomic E-state index is 0.592. The molecule has 0 radical (unpaired) electrons. The molecule has 0 amide bonds. The van der Waals surface area contributed by atoms with E-state index in [1.54, 1.807) is 0 Å². The minimum absolute atomic E-state index is 0.592. The summed E-state index contributed by atoms with van der Waals surface area (Å²) in [4.78, 5) is 5.85. The maximum atomic E-state index is 5.76. The van der Waals surface area contributed by atoms with Gasteiger partial charge in [-0.3, -0.25) is 0 Å². The monoisotopic (exact) mass is 243 g/mol. The molecule has 1 aromatic heterocycles. The summed E-state index contributed by atoms with van der Waals surface area (Å²) in [5.74, 6) is 0.620. The molecule has 1 aromatic carbocycles. The molecular weight excluding hydrogens is 222 g/mol. The van der Waals surface area contributed by atoms with Gasteiger partial charge >= 0.3 is 0 Å². The summed E-state index contributed by atoms with van der Waals surface area (Å²) in [7, 11) is 2.22. The van der Waals surface area contributed by atoms with Crippen LogP contribution in [0.4, 0.5) is 0 Å². The quantitative estimate of drug-likeness (QED) is 0.869. The van der Waals surface area contributed by atoms with E-state index in [2.05, 4.69) is 47.4 Å². The van der Waals surface area contributed by atoms with Gasteiger partial charge in [-0.1, -0.05) is 18.2 Å². The zero-order chi connectivity index (χ0) is 12.5. The smallest absolute Gasteiger partial charge is 0.0456 e. The maximum Gasteiger partial charge on any atom is 0.0456 e. The molecule has 0 aliphatic carbocycles. The van der Waals surface area contributed by atoms with Crippen molar-refractivity contribution in [2.24, 2.45) is 5.73 Å².